The summed E-state index contributed by atoms with van der Waals surface area (Å²) < 4.78 is 34.3. The highest BCUT2D eigenvalue weighted by atomic mass is 35.5. The van der Waals surface area contributed by atoms with E-state index in [1.165, 1.54) is 14.2 Å². The van der Waals surface area contributed by atoms with Crippen molar-refractivity contribution in [3.63, 3.8) is 0 Å². The molecule has 31 heavy (non-hydrogen) atoms. The zero-order valence-electron chi connectivity index (χ0n) is 18.0. The molecular formula is C21H31ClN4O4S. The van der Waals surface area contributed by atoms with Crippen LogP contribution >= 0.6 is 11.6 Å². The molecule has 3 saturated heterocycles. The van der Waals surface area contributed by atoms with E-state index in [0.717, 1.165) is 25.2 Å². The molecule has 3 aliphatic rings. The van der Waals surface area contributed by atoms with Gasteiger partial charge >= 0.3 is 0 Å². The van der Waals surface area contributed by atoms with Crippen LogP contribution in [0.15, 0.2) is 18.2 Å². The Bertz CT molecular complexity index is 899. The Labute approximate surface area is 189 Å². The summed E-state index contributed by atoms with van der Waals surface area (Å²) in [6.07, 6.45) is 1.45. The first kappa shape index (κ1) is 22.8. The summed E-state index contributed by atoms with van der Waals surface area (Å²) in [5.41, 5.74) is 2.28. The Kier molecular flexibility index (Phi) is 7.07. The molecule has 0 spiro atoms. The second kappa shape index (κ2) is 9.62. The lowest BCUT2D eigenvalue weighted by Crippen LogP contribution is -2.55. The monoisotopic (exact) mass is 470 g/mol. The lowest BCUT2D eigenvalue weighted by molar-refractivity contribution is -0.137. The third-order valence-electron chi connectivity index (χ3n) is 6.46. The van der Waals surface area contributed by atoms with Gasteiger partial charge in [-0.25, -0.2) is 0 Å². The van der Waals surface area contributed by atoms with E-state index < -0.39 is 10.2 Å². The van der Waals surface area contributed by atoms with Crippen LogP contribution in [0, 0.1) is 12.8 Å². The average Bonchev–Trinajstić information content (AvgIpc) is 2.81. The maximum Gasteiger partial charge on any atom is 0.282 e. The fraction of sp³-hybridized carbons (Fsp3) is 0.667. The Morgan fingerprint density at radius 3 is 2.45 bits per heavy atom. The third kappa shape index (κ3) is 5.01. The lowest BCUT2D eigenvalue weighted by Gasteiger charge is -2.40. The summed E-state index contributed by atoms with van der Waals surface area (Å²) in [5.74, 6) is -0.201. The summed E-state index contributed by atoms with van der Waals surface area (Å²) in [7, 11) is -3.54. The number of rotatable bonds is 4. The van der Waals surface area contributed by atoms with E-state index in [9.17, 15) is 13.2 Å². The van der Waals surface area contributed by atoms with Crippen molar-refractivity contribution in [1.29, 1.82) is 0 Å². The van der Waals surface area contributed by atoms with Gasteiger partial charge in [-0.2, -0.15) is 17.0 Å². The molecule has 8 nitrogen and oxygen atoms in total. The fourth-order valence-electron chi connectivity index (χ4n) is 4.64. The number of amides is 1. The summed E-state index contributed by atoms with van der Waals surface area (Å²) in [4.78, 5) is 17.4. The van der Waals surface area contributed by atoms with Crippen molar-refractivity contribution in [2.24, 2.45) is 5.92 Å². The molecule has 1 atom stereocenters. The lowest BCUT2D eigenvalue weighted by atomic mass is 9.97. The maximum absolute atomic E-state index is 13.2. The number of halogens is 1. The van der Waals surface area contributed by atoms with E-state index in [-0.39, 0.29) is 18.4 Å². The molecule has 4 rings (SSSR count). The van der Waals surface area contributed by atoms with Gasteiger partial charge in [-0.1, -0.05) is 17.7 Å². The number of benzene rings is 1. The Hall–Kier alpha value is -1.39. The van der Waals surface area contributed by atoms with Gasteiger partial charge in [-0.3, -0.25) is 4.79 Å². The molecule has 0 bridgehead atoms. The number of hydrogen-bond acceptors (Lipinski definition) is 5. The smallest absolute Gasteiger partial charge is 0.282 e. The highest BCUT2D eigenvalue weighted by Gasteiger charge is 2.38. The van der Waals surface area contributed by atoms with E-state index in [1.54, 1.807) is 0 Å². The number of ether oxygens (including phenoxy) is 1. The summed E-state index contributed by atoms with van der Waals surface area (Å²) in [6.45, 7) is 7.17. The zero-order valence-corrected chi connectivity index (χ0v) is 19.6. The van der Waals surface area contributed by atoms with Crippen molar-refractivity contribution in [2.45, 2.75) is 19.8 Å². The van der Waals surface area contributed by atoms with E-state index in [0.29, 0.717) is 57.4 Å². The average molecular weight is 471 g/mol. The minimum absolute atomic E-state index is 0.0735. The highest BCUT2D eigenvalue weighted by Crippen LogP contribution is 2.27. The number of carbonyl (C=O) groups excluding carboxylic acids is 1. The van der Waals surface area contributed by atoms with Gasteiger partial charge in [-0.05, 0) is 37.5 Å². The summed E-state index contributed by atoms with van der Waals surface area (Å²) in [5, 5.41) is 0.711. The van der Waals surface area contributed by atoms with Gasteiger partial charge in [-0.15, -0.1) is 0 Å². The van der Waals surface area contributed by atoms with E-state index >= 15 is 0 Å². The fourth-order valence-corrected chi connectivity index (χ4v) is 6.47. The first-order valence-electron chi connectivity index (χ1n) is 11.0. The number of hydrogen-bond donors (Lipinski definition) is 0. The van der Waals surface area contributed by atoms with Gasteiger partial charge in [0.1, 0.15) is 0 Å². The molecule has 0 N–H and O–H groups in total. The Morgan fingerprint density at radius 2 is 1.74 bits per heavy atom. The number of piperidine rings is 1. The van der Waals surface area contributed by atoms with Gasteiger partial charge in [0.25, 0.3) is 10.2 Å². The number of morpholine rings is 1. The molecule has 172 valence electrons. The van der Waals surface area contributed by atoms with Crippen molar-refractivity contribution >= 4 is 33.4 Å². The maximum atomic E-state index is 13.2. The number of anilines is 1. The van der Waals surface area contributed by atoms with Gasteiger partial charge < -0.3 is 14.5 Å². The topological polar surface area (TPSA) is 73.4 Å². The van der Waals surface area contributed by atoms with Crippen LogP contribution in [-0.2, 0) is 19.7 Å². The molecule has 1 aromatic rings. The third-order valence-corrected chi connectivity index (χ3v) is 8.70. The van der Waals surface area contributed by atoms with Gasteiger partial charge in [0.2, 0.25) is 5.91 Å². The highest BCUT2D eigenvalue weighted by molar-refractivity contribution is 7.86. The number of aryl methyl sites for hydroxylation is 1. The zero-order chi connectivity index (χ0) is 22.0. The number of carbonyl (C=O) groups is 1. The Morgan fingerprint density at radius 1 is 1.03 bits per heavy atom. The van der Waals surface area contributed by atoms with Crippen LogP contribution in [-0.4, -0.2) is 93.4 Å². The van der Waals surface area contributed by atoms with Crippen LogP contribution in [0.1, 0.15) is 18.4 Å². The molecule has 0 unspecified atom stereocenters. The minimum atomic E-state index is -3.54. The standard InChI is InChI=1S/C21H31ClN4O4S/c1-17-4-5-19(22)15-20(17)23-7-9-24(10-8-23)21(27)18-3-2-6-26(16-18)31(28,29)25-11-13-30-14-12-25/h4-5,15,18H,2-3,6-14,16H2,1H3/t18-/m1/s1. The predicted molar refractivity (Wildman–Crippen MR) is 121 cm³/mol. The van der Waals surface area contributed by atoms with Gasteiger partial charge in [0, 0.05) is 63.1 Å². The van der Waals surface area contributed by atoms with E-state index in [2.05, 4.69) is 11.8 Å². The molecule has 0 aliphatic carbocycles. The molecule has 10 heteroatoms. The van der Waals surface area contributed by atoms with Crippen LogP contribution in [0.2, 0.25) is 5.02 Å². The molecular weight excluding hydrogens is 440 g/mol. The molecule has 1 amide bonds. The predicted octanol–water partition coefficient (Wildman–Crippen LogP) is 1.59. The van der Waals surface area contributed by atoms with Gasteiger partial charge in [0.05, 0.1) is 19.1 Å². The first-order valence-corrected chi connectivity index (χ1v) is 12.8. The normalized spacial score (nSPS) is 24.4. The second-order valence-corrected chi connectivity index (χ2v) is 10.8. The first-order chi connectivity index (χ1) is 14.9. The van der Waals surface area contributed by atoms with Crippen LogP contribution < -0.4 is 4.90 Å². The minimum Gasteiger partial charge on any atom is -0.379 e. The quantitative estimate of drug-likeness (QED) is 0.668. The van der Waals surface area contributed by atoms with Crippen molar-refractivity contribution in [3.05, 3.63) is 28.8 Å². The largest absolute Gasteiger partial charge is 0.379 e. The summed E-state index contributed by atoms with van der Waals surface area (Å²) in [6, 6.07) is 5.88. The van der Waals surface area contributed by atoms with Crippen molar-refractivity contribution < 1.29 is 17.9 Å². The van der Waals surface area contributed by atoms with E-state index in [4.69, 9.17) is 16.3 Å². The molecule has 0 saturated carbocycles. The molecule has 1 aromatic carbocycles. The molecule has 3 heterocycles. The van der Waals surface area contributed by atoms with Crippen molar-refractivity contribution in [3.8, 4) is 0 Å². The van der Waals surface area contributed by atoms with Crippen molar-refractivity contribution in [2.75, 3.05) is 70.5 Å². The Balaban J connectivity index is 1.36. The number of nitrogens with zero attached hydrogens (tertiary/aromatic N) is 4. The van der Waals surface area contributed by atoms with Crippen LogP contribution in [0.5, 0.6) is 0 Å². The molecule has 3 aliphatic heterocycles. The second-order valence-electron chi connectivity index (χ2n) is 8.46. The number of piperazine rings is 1. The van der Waals surface area contributed by atoms with Crippen LogP contribution in [0.25, 0.3) is 0 Å². The van der Waals surface area contributed by atoms with E-state index in [1.807, 2.05) is 23.1 Å². The van der Waals surface area contributed by atoms with Crippen molar-refractivity contribution in [1.82, 2.24) is 13.5 Å². The molecule has 0 radical (unpaired) electrons. The van der Waals surface area contributed by atoms with Crippen LogP contribution in [0.4, 0.5) is 5.69 Å². The van der Waals surface area contributed by atoms with Gasteiger partial charge in [0.15, 0.2) is 0 Å². The molecule has 3 fully saturated rings. The van der Waals surface area contributed by atoms with Crippen LogP contribution in [0.3, 0.4) is 0 Å². The molecule has 0 aromatic heterocycles. The summed E-state index contributed by atoms with van der Waals surface area (Å²) >= 11 is 6.17. The SMILES string of the molecule is Cc1ccc(Cl)cc1N1CCN(C(=O)[C@@H]2CCCN(S(=O)(=O)N3CCOCC3)C2)CC1.